The van der Waals surface area contributed by atoms with Crippen LogP contribution < -0.4 is 4.74 Å². The molecule has 1 rings (SSSR count). The molecule has 1 atom stereocenters. The van der Waals surface area contributed by atoms with Gasteiger partial charge >= 0.3 is 0 Å². The molecule has 3 nitrogen and oxygen atoms in total. The van der Waals surface area contributed by atoms with Crippen LogP contribution in [0.4, 0.5) is 0 Å². The van der Waals surface area contributed by atoms with Gasteiger partial charge in [-0.15, -0.1) is 0 Å². The summed E-state index contributed by atoms with van der Waals surface area (Å²) in [5, 5.41) is 9.26. The number of rotatable bonds is 6. The van der Waals surface area contributed by atoms with E-state index in [0.717, 1.165) is 25.3 Å². The molecule has 0 bridgehead atoms. The van der Waals surface area contributed by atoms with Gasteiger partial charge in [0.2, 0.25) is 0 Å². The zero-order valence-electron chi connectivity index (χ0n) is 11.2. The van der Waals surface area contributed by atoms with Crippen molar-refractivity contribution in [3.8, 4) is 5.75 Å². The van der Waals surface area contributed by atoms with Gasteiger partial charge in [0.25, 0.3) is 0 Å². The van der Waals surface area contributed by atoms with Crippen molar-refractivity contribution in [2.75, 3.05) is 20.7 Å². The maximum absolute atomic E-state index is 9.26. The minimum atomic E-state index is -0.239. The lowest BCUT2D eigenvalue weighted by Crippen LogP contribution is -2.22. The fraction of sp³-hybridized carbons (Fsp3) is 0.571. The molecule has 96 valence electrons. The van der Waals surface area contributed by atoms with Crippen LogP contribution in [0.5, 0.6) is 5.75 Å². The number of aryl methyl sites for hydroxylation is 1. The molecule has 0 spiro atoms. The van der Waals surface area contributed by atoms with Crippen molar-refractivity contribution < 1.29 is 9.84 Å². The normalized spacial score (nSPS) is 12.8. The van der Waals surface area contributed by atoms with E-state index >= 15 is 0 Å². The highest BCUT2D eigenvalue weighted by molar-refractivity contribution is 5.36. The van der Waals surface area contributed by atoms with Crippen molar-refractivity contribution in [1.82, 2.24) is 4.90 Å². The Morgan fingerprint density at radius 1 is 1.41 bits per heavy atom. The van der Waals surface area contributed by atoms with Crippen LogP contribution in [-0.4, -0.2) is 36.8 Å². The summed E-state index contributed by atoms with van der Waals surface area (Å²) in [5.74, 6) is 0.930. The van der Waals surface area contributed by atoms with E-state index in [4.69, 9.17) is 4.74 Å². The lowest BCUT2D eigenvalue weighted by atomic mass is 10.1. The summed E-state index contributed by atoms with van der Waals surface area (Å²) in [7, 11) is 3.76. The number of methoxy groups -OCH3 is 1. The highest BCUT2D eigenvalue weighted by atomic mass is 16.5. The predicted octanol–water partition coefficient (Wildman–Crippen LogP) is 2.21. The molecule has 1 aromatic rings. The van der Waals surface area contributed by atoms with Crippen molar-refractivity contribution in [3.05, 3.63) is 29.3 Å². The van der Waals surface area contributed by atoms with Crippen LogP contribution in [0.15, 0.2) is 18.2 Å². The highest BCUT2D eigenvalue weighted by Crippen LogP contribution is 2.21. The molecule has 0 heterocycles. The molecule has 0 radical (unpaired) electrons. The van der Waals surface area contributed by atoms with Crippen LogP contribution in [0.3, 0.4) is 0 Å². The number of benzene rings is 1. The Morgan fingerprint density at radius 3 is 2.71 bits per heavy atom. The smallest absolute Gasteiger partial charge is 0.123 e. The number of nitrogens with zero attached hydrogens (tertiary/aromatic N) is 1. The number of aliphatic hydroxyl groups excluding tert-OH is 1. The highest BCUT2D eigenvalue weighted by Gasteiger charge is 2.07. The van der Waals surface area contributed by atoms with Crippen molar-refractivity contribution in [2.24, 2.45) is 0 Å². The molecule has 1 unspecified atom stereocenters. The fourth-order valence-electron chi connectivity index (χ4n) is 1.81. The third-order valence-electron chi connectivity index (χ3n) is 2.80. The van der Waals surface area contributed by atoms with Gasteiger partial charge in [-0.2, -0.15) is 0 Å². The largest absolute Gasteiger partial charge is 0.496 e. The molecule has 0 aliphatic carbocycles. The Morgan fingerprint density at radius 2 is 2.12 bits per heavy atom. The SMILES string of the molecule is COc1ccc(C)cc1CN(C)CCC(C)O. The summed E-state index contributed by atoms with van der Waals surface area (Å²) in [5.41, 5.74) is 2.44. The zero-order valence-corrected chi connectivity index (χ0v) is 11.2. The maximum atomic E-state index is 9.26. The topological polar surface area (TPSA) is 32.7 Å². The van der Waals surface area contributed by atoms with Gasteiger partial charge in [0.15, 0.2) is 0 Å². The molecule has 0 aliphatic heterocycles. The van der Waals surface area contributed by atoms with Crippen molar-refractivity contribution >= 4 is 0 Å². The second kappa shape index (κ2) is 6.62. The maximum Gasteiger partial charge on any atom is 0.123 e. The Hall–Kier alpha value is -1.06. The van der Waals surface area contributed by atoms with Crippen LogP contribution in [-0.2, 0) is 6.54 Å². The summed E-state index contributed by atoms with van der Waals surface area (Å²) in [6, 6.07) is 6.21. The summed E-state index contributed by atoms with van der Waals surface area (Å²) in [6.45, 7) is 5.63. The average molecular weight is 237 g/mol. The van der Waals surface area contributed by atoms with Crippen molar-refractivity contribution in [1.29, 1.82) is 0 Å². The third kappa shape index (κ3) is 4.75. The van der Waals surface area contributed by atoms with E-state index in [1.807, 2.05) is 13.0 Å². The van der Waals surface area contributed by atoms with E-state index in [2.05, 4.69) is 31.0 Å². The van der Waals surface area contributed by atoms with Crippen LogP contribution in [0.1, 0.15) is 24.5 Å². The number of aliphatic hydroxyl groups is 1. The molecule has 0 saturated heterocycles. The van der Waals surface area contributed by atoms with Gasteiger partial charge in [0, 0.05) is 18.7 Å². The molecule has 1 N–H and O–H groups in total. The quantitative estimate of drug-likeness (QED) is 0.823. The monoisotopic (exact) mass is 237 g/mol. The van der Waals surface area contributed by atoms with Crippen LogP contribution in [0.25, 0.3) is 0 Å². The minimum absolute atomic E-state index is 0.239. The Kier molecular flexibility index (Phi) is 5.45. The van der Waals surface area contributed by atoms with Gasteiger partial charge in [-0.25, -0.2) is 0 Å². The molecule has 0 aromatic heterocycles. The Labute approximate surface area is 104 Å². The van der Waals surface area contributed by atoms with Gasteiger partial charge in [-0.05, 0) is 33.4 Å². The molecular formula is C14H23NO2. The summed E-state index contributed by atoms with van der Waals surface area (Å²) >= 11 is 0. The second-order valence-corrected chi connectivity index (χ2v) is 4.69. The molecule has 0 fully saturated rings. The first-order chi connectivity index (χ1) is 8.02. The van der Waals surface area contributed by atoms with Crippen LogP contribution >= 0.6 is 0 Å². The lowest BCUT2D eigenvalue weighted by molar-refractivity contribution is 0.162. The molecule has 0 saturated carbocycles. The van der Waals surface area contributed by atoms with E-state index < -0.39 is 0 Å². The van der Waals surface area contributed by atoms with Crippen molar-refractivity contribution in [3.63, 3.8) is 0 Å². The molecule has 0 amide bonds. The predicted molar refractivity (Wildman–Crippen MR) is 70.4 cm³/mol. The summed E-state index contributed by atoms with van der Waals surface area (Å²) < 4.78 is 5.35. The average Bonchev–Trinajstić information content (AvgIpc) is 2.27. The van der Waals surface area contributed by atoms with E-state index in [1.54, 1.807) is 7.11 Å². The summed E-state index contributed by atoms with van der Waals surface area (Å²) in [6.07, 6.45) is 0.557. The van der Waals surface area contributed by atoms with Crippen molar-refractivity contribution in [2.45, 2.75) is 32.9 Å². The number of hydrogen-bond acceptors (Lipinski definition) is 3. The first-order valence-electron chi connectivity index (χ1n) is 6.03. The number of hydrogen-bond donors (Lipinski definition) is 1. The van der Waals surface area contributed by atoms with E-state index in [0.29, 0.717) is 0 Å². The van der Waals surface area contributed by atoms with Gasteiger partial charge in [-0.1, -0.05) is 17.7 Å². The van der Waals surface area contributed by atoms with E-state index in [1.165, 1.54) is 11.1 Å². The Balaban J connectivity index is 2.63. The molecule has 3 heteroatoms. The third-order valence-corrected chi connectivity index (χ3v) is 2.80. The van der Waals surface area contributed by atoms with Crippen LogP contribution in [0.2, 0.25) is 0 Å². The molecule has 1 aromatic carbocycles. The summed E-state index contributed by atoms with van der Waals surface area (Å²) in [4.78, 5) is 2.20. The van der Waals surface area contributed by atoms with Gasteiger partial charge in [0.05, 0.1) is 13.2 Å². The minimum Gasteiger partial charge on any atom is -0.496 e. The van der Waals surface area contributed by atoms with E-state index in [-0.39, 0.29) is 6.10 Å². The number of ether oxygens (including phenoxy) is 1. The zero-order chi connectivity index (χ0) is 12.8. The first kappa shape index (κ1) is 14.0. The lowest BCUT2D eigenvalue weighted by Gasteiger charge is -2.19. The molecular weight excluding hydrogens is 214 g/mol. The van der Waals surface area contributed by atoms with Gasteiger partial charge in [-0.3, -0.25) is 0 Å². The second-order valence-electron chi connectivity index (χ2n) is 4.69. The van der Waals surface area contributed by atoms with E-state index in [9.17, 15) is 5.11 Å². The molecule has 17 heavy (non-hydrogen) atoms. The van der Waals surface area contributed by atoms with Gasteiger partial charge in [0.1, 0.15) is 5.75 Å². The standard InChI is InChI=1S/C14H23NO2/c1-11-5-6-14(17-4)13(9-11)10-15(3)8-7-12(2)16/h5-6,9,12,16H,7-8,10H2,1-4H3. The fourth-order valence-corrected chi connectivity index (χ4v) is 1.81. The van der Waals surface area contributed by atoms with Gasteiger partial charge < -0.3 is 14.7 Å². The van der Waals surface area contributed by atoms with Crippen LogP contribution in [0, 0.1) is 6.92 Å². The Bertz CT molecular complexity index is 350. The molecule has 0 aliphatic rings. The first-order valence-corrected chi connectivity index (χ1v) is 6.03.